The predicted molar refractivity (Wildman–Crippen MR) is 62.9 cm³/mol. The van der Waals surface area contributed by atoms with Gasteiger partial charge in [0.25, 0.3) is 0 Å². The average molecular weight is 217 g/mol. The first-order valence-electron chi connectivity index (χ1n) is 5.27. The van der Waals surface area contributed by atoms with Gasteiger partial charge >= 0.3 is 0 Å². The van der Waals surface area contributed by atoms with Crippen LogP contribution < -0.4 is 10.6 Å². The standard InChI is InChI=1S/C12H15N3O/c1-2-7-14-12(16)9-15-11-6-4-3-5-10(11)8-13/h3-6,15H,2,7,9H2,1H3,(H,14,16). The van der Waals surface area contributed by atoms with Crippen LogP contribution in [0.25, 0.3) is 0 Å². The summed E-state index contributed by atoms with van der Waals surface area (Å²) >= 11 is 0. The van der Waals surface area contributed by atoms with Crippen molar-refractivity contribution in [2.75, 3.05) is 18.4 Å². The third-order valence-electron chi connectivity index (χ3n) is 2.06. The van der Waals surface area contributed by atoms with Gasteiger partial charge in [0.2, 0.25) is 5.91 Å². The van der Waals surface area contributed by atoms with Crippen LogP contribution in [0.3, 0.4) is 0 Å². The molecule has 84 valence electrons. The molecular formula is C12H15N3O. The van der Waals surface area contributed by atoms with E-state index in [1.807, 2.05) is 13.0 Å². The second kappa shape index (κ2) is 6.46. The maximum atomic E-state index is 11.3. The van der Waals surface area contributed by atoms with Crippen molar-refractivity contribution in [3.05, 3.63) is 29.8 Å². The van der Waals surface area contributed by atoms with E-state index in [0.717, 1.165) is 6.42 Å². The Hall–Kier alpha value is -2.02. The maximum Gasteiger partial charge on any atom is 0.239 e. The number of hydrogen-bond acceptors (Lipinski definition) is 3. The molecule has 1 amide bonds. The summed E-state index contributed by atoms with van der Waals surface area (Å²) in [6.45, 7) is 2.87. The number of anilines is 1. The van der Waals surface area contributed by atoms with Crippen molar-refractivity contribution in [3.63, 3.8) is 0 Å². The fourth-order valence-corrected chi connectivity index (χ4v) is 1.24. The zero-order valence-electron chi connectivity index (χ0n) is 9.29. The number of nitriles is 1. The molecule has 0 aliphatic heterocycles. The molecule has 2 N–H and O–H groups in total. The first kappa shape index (κ1) is 12.1. The molecule has 0 aliphatic carbocycles. The number of para-hydroxylation sites is 1. The van der Waals surface area contributed by atoms with Crippen LogP contribution in [0.15, 0.2) is 24.3 Å². The molecule has 0 saturated heterocycles. The second-order valence-corrected chi connectivity index (χ2v) is 3.36. The van der Waals surface area contributed by atoms with E-state index < -0.39 is 0 Å². The molecule has 0 spiro atoms. The van der Waals surface area contributed by atoms with Crippen molar-refractivity contribution in [2.45, 2.75) is 13.3 Å². The summed E-state index contributed by atoms with van der Waals surface area (Å²) in [7, 11) is 0. The molecule has 0 aromatic heterocycles. The molecule has 1 rings (SSSR count). The highest BCUT2D eigenvalue weighted by molar-refractivity contribution is 5.81. The Morgan fingerprint density at radius 2 is 2.19 bits per heavy atom. The molecule has 0 radical (unpaired) electrons. The van der Waals surface area contributed by atoms with Crippen molar-refractivity contribution >= 4 is 11.6 Å². The molecule has 0 heterocycles. The van der Waals surface area contributed by atoms with Crippen LogP contribution in [0.2, 0.25) is 0 Å². The minimum absolute atomic E-state index is 0.0606. The van der Waals surface area contributed by atoms with Crippen molar-refractivity contribution in [2.24, 2.45) is 0 Å². The van der Waals surface area contributed by atoms with Crippen LogP contribution in [-0.4, -0.2) is 19.0 Å². The summed E-state index contributed by atoms with van der Waals surface area (Å²) in [5, 5.41) is 14.5. The first-order valence-corrected chi connectivity index (χ1v) is 5.27. The molecular weight excluding hydrogens is 202 g/mol. The van der Waals surface area contributed by atoms with Gasteiger partial charge in [-0.3, -0.25) is 4.79 Å². The van der Waals surface area contributed by atoms with Crippen LogP contribution in [0, 0.1) is 11.3 Å². The molecule has 0 atom stereocenters. The molecule has 0 aliphatic rings. The lowest BCUT2D eigenvalue weighted by Gasteiger charge is -2.07. The quantitative estimate of drug-likeness (QED) is 0.785. The van der Waals surface area contributed by atoms with Crippen LogP contribution in [0.4, 0.5) is 5.69 Å². The zero-order chi connectivity index (χ0) is 11.8. The lowest BCUT2D eigenvalue weighted by Crippen LogP contribution is -2.30. The van der Waals surface area contributed by atoms with Crippen LogP contribution in [0.5, 0.6) is 0 Å². The Balaban J connectivity index is 2.48. The highest BCUT2D eigenvalue weighted by Gasteiger charge is 2.02. The number of hydrogen-bond donors (Lipinski definition) is 2. The number of benzene rings is 1. The molecule has 4 heteroatoms. The summed E-state index contributed by atoms with van der Waals surface area (Å²) in [6.07, 6.45) is 0.917. The lowest BCUT2D eigenvalue weighted by atomic mass is 10.2. The van der Waals surface area contributed by atoms with E-state index >= 15 is 0 Å². The van der Waals surface area contributed by atoms with Crippen molar-refractivity contribution in [1.82, 2.24) is 5.32 Å². The van der Waals surface area contributed by atoms with Crippen LogP contribution in [0.1, 0.15) is 18.9 Å². The molecule has 4 nitrogen and oxygen atoms in total. The Labute approximate surface area is 95.3 Å². The minimum Gasteiger partial charge on any atom is -0.375 e. The van der Waals surface area contributed by atoms with Gasteiger partial charge in [-0.1, -0.05) is 19.1 Å². The monoisotopic (exact) mass is 217 g/mol. The van der Waals surface area contributed by atoms with Gasteiger partial charge in [0.05, 0.1) is 17.8 Å². The summed E-state index contributed by atoms with van der Waals surface area (Å²) in [4.78, 5) is 11.3. The molecule has 0 bridgehead atoms. The highest BCUT2D eigenvalue weighted by atomic mass is 16.1. The average Bonchev–Trinajstić information content (AvgIpc) is 2.34. The smallest absolute Gasteiger partial charge is 0.239 e. The van der Waals surface area contributed by atoms with Gasteiger partial charge in [-0.25, -0.2) is 0 Å². The van der Waals surface area contributed by atoms with Crippen molar-refractivity contribution in [3.8, 4) is 6.07 Å². The summed E-state index contributed by atoms with van der Waals surface area (Å²) < 4.78 is 0. The number of nitrogens with one attached hydrogen (secondary N) is 2. The van der Waals surface area contributed by atoms with Crippen molar-refractivity contribution in [1.29, 1.82) is 5.26 Å². The molecule has 0 unspecified atom stereocenters. The highest BCUT2D eigenvalue weighted by Crippen LogP contribution is 2.12. The van der Waals surface area contributed by atoms with E-state index in [-0.39, 0.29) is 12.5 Å². The third kappa shape index (κ3) is 3.62. The lowest BCUT2D eigenvalue weighted by molar-refractivity contribution is -0.119. The number of rotatable bonds is 5. The normalized spacial score (nSPS) is 9.25. The zero-order valence-corrected chi connectivity index (χ0v) is 9.29. The fraction of sp³-hybridized carbons (Fsp3) is 0.333. The molecule has 0 fully saturated rings. The van der Waals surface area contributed by atoms with Crippen LogP contribution >= 0.6 is 0 Å². The second-order valence-electron chi connectivity index (χ2n) is 3.36. The number of carbonyl (C=O) groups excluding carboxylic acids is 1. The van der Waals surface area contributed by atoms with E-state index in [9.17, 15) is 4.79 Å². The molecule has 16 heavy (non-hydrogen) atoms. The van der Waals surface area contributed by atoms with E-state index in [1.54, 1.807) is 18.2 Å². The molecule has 1 aromatic carbocycles. The topological polar surface area (TPSA) is 64.9 Å². The van der Waals surface area contributed by atoms with E-state index in [0.29, 0.717) is 17.8 Å². The minimum atomic E-state index is -0.0606. The Morgan fingerprint density at radius 1 is 1.44 bits per heavy atom. The van der Waals surface area contributed by atoms with Gasteiger partial charge in [0.1, 0.15) is 6.07 Å². The van der Waals surface area contributed by atoms with Gasteiger partial charge in [0.15, 0.2) is 0 Å². The Bertz CT molecular complexity index is 395. The van der Waals surface area contributed by atoms with E-state index in [1.165, 1.54) is 0 Å². The third-order valence-corrected chi connectivity index (χ3v) is 2.06. The van der Waals surface area contributed by atoms with Gasteiger partial charge < -0.3 is 10.6 Å². The van der Waals surface area contributed by atoms with Gasteiger partial charge in [0, 0.05) is 6.54 Å². The number of nitrogens with zero attached hydrogens (tertiary/aromatic N) is 1. The summed E-state index contributed by atoms with van der Waals surface area (Å²) in [5.41, 5.74) is 1.24. The van der Waals surface area contributed by atoms with E-state index in [4.69, 9.17) is 5.26 Å². The largest absolute Gasteiger partial charge is 0.375 e. The maximum absolute atomic E-state index is 11.3. The Kier molecular flexibility index (Phi) is 4.87. The molecule has 1 aromatic rings. The predicted octanol–water partition coefficient (Wildman–Crippen LogP) is 1.50. The molecule has 0 saturated carbocycles. The first-order chi connectivity index (χ1) is 7.77. The SMILES string of the molecule is CCCNC(=O)CNc1ccccc1C#N. The van der Waals surface area contributed by atoms with Crippen LogP contribution in [-0.2, 0) is 4.79 Å². The number of carbonyl (C=O) groups is 1. The van der Waals surface area contributed by atoms with Gasteiger partial charge in [-0.2, -0.15) is 5.26 Å². The van der Waals surface area contributed by atoms with Gasteiger partial charge in [-0.05, 0) is 18.6 Å². The summed E-state index contributed by atoms with van der Waals surface area (Å²) in [5.74, 6) is -0.0606. The fourth-order valence-electron chi connectivity index (χ4n) is 1.24. The Morgan fingerprint density at radius 3 is 2.88 bits per heavy atom. The van der Waals surface area contributed by atoms with Gasteiger partial charge in [-0.15, -0.1) is 0 Å². The van der Waals surface area contributed by atoms with Crippen molar-refractivity contribution < 1.29 is 4.79 Å². The number of amides is 1. The summed E-state index contributed by atoms with van der Waals surface area (Å²) in [6, 6.07) is 9.19. The van der Waals surface area contributed by atoms with E-state index in [2.05, 4.69) is 16.7 Å².